The number of nitrogens with one attached hydrogen (secondary N) is 1. The number of aromatic nitrogens is 2. The van der Waals surface area contributed by atoms with Crippen molar-refractivity contribution in [1.82, 2.24) is 15.1 Å². The lowest BCUT2D eigenvalue weighted by Gasteiger charge is -2.12. The Balaban J connectivity index is 2.12. The summed E-state index contributed by atoms with van der Waals surface area (Å²) in [6.07, 6.45) is 0. The van der Waals surface area contributed by atoms with Crippen molar-refractivity contribution >= 4 is 15.9 Å². The van der Waals surface area contributed by atoms with E-state index >= 15 is 0 Å². The van der Waals surface area contributed by atoms with Crippen LogP contribution in [0.1, 0.15) is 17.0 Å². The summed E-state index contributed by atoms with van der Waals surface area (Å²) in [6.45, 7) is 3.28. The first-order valence-corrected chi connectivity index (χ1v) is 6.95. The molecule has 5 heteroatoms. The van der Waals surface area contributed by atoms with Gasteiger partial charge in [-0.3, -0.25) is 4.68 Å². The minimum atomic E-state index is 0.523. The van der Waals surface area contributed by atoms with Gasteiger partial charge < -0.3 is 10.1 Å². The third-order valence-corrected chi connectivity index (χ3v) is 3.36. The van der Waals surface area contributed by atoms with Gasteiger partial charge in [0.2, 0.25) is 0 Å². The summed E-state index contributed by atoms with van der Waals surface area (Å²) in [4.78, 5) is 0. The fourth-order valence-electron chi connectivity index (χ4n) is 1.97. The SMILES string of the molecule is CNCc1cc(Br)ccc1OCc1cc(C)nn1C. The van der Waals surface area contributed by atoms with Crippen molar-refractivity contribution in [2.75, 3.05) is 7.05 Å². The van der Waals surface area contributed by atoms with Gasteiger partial charge in [0.15, 0.2) is 0 Å². The molecule has 0 radical (unpaired) electrons. The lowest BCUT2D eigenvalue weighted by molar-refractivity contribution is 0.291. The van der Waals surface area contributed by atoms with E-state index in [-0.39, 0.29) is 0 Å². The first-order valence-electron chi connectivity index (χ1n) is 6.15. The average Bonchev–Trinajstić information content (AvgIpc) is 2.67. The highest BCUT2D eigenvalue weighted by Crippen LogP contribution is 2.24. The van der Waals surface area contributed by atoms with E-state index in [0.29, 0.717) is 6.61 Å². The summed E-state index contributed by atoms with van der Waals surface area (Å²) in [5.74, 6) is 0.899. The molecule has 1 heterocycles. The molecule has 0 atom stereocenters. The number of rotatable bonds is 5. The van der Waals surface area contributed by atoms with E-state index in [4.69, 9.17) is 4.74 Å². The molecule has 0 saturated carbocycles. The molecule has 2 rings (SSSR count). The van der Waals surface area contributed by atoms with Crippen LogP contribution in [0.4, 0.5) is 0 Å². The summed E-state index contributed by atoms with van der Waals surface area (Å²) in [6, 6.07) is 8.08. The molecule has 2 aromatic rings. The van der Waals surface area contributed by atoms with Crippen LogP contribution in [0.2, 0.25) is 0 Å². The molecule has 0 spiro atoms. The van der Waals surface area contributed by atoms with Crippen molar-refractivity contribution in [2.45, 2.75) is 20.1 Å². The molecule has 0 fully saturated rings. The Kier molecular flexibility index (Phi) is 4.61. The van der Waals surface area contributed by atoms with Crippen LogP contribution in [-0.4, -0.2) is 16.8 Å². The molecule has 1 aromatic carbocycles. The van der Waals surface area contributed by atoms with Gasteiger partial charge in [0.1, 0.15) is 12.4 Å². The highest BCUT2D eigenvalue weighted by atomic mass is 79.9. The second-order valence-corrected chi connectivity index (χ2v) is 5.39. The van der Waals surface area contributed by atoms with Crippen molar-refractivity contribution in [3.05, 3.63) is 45.7 Å². The van der Waals surface area contributed by atoms with Crippen molar-refractivity contribution < 1.29 is 4.74 Å². The highest BCUT2D eigenvalue weighted by molar-refractivity contribution is 9.10. The number of hydrogen-bond acceptors (Lipinski definition) is 3. The van der Waals surface area contributed by atoms with Gasteiger partial charge in [0.25, 0.3) is 0 Å². The Morgan fingerprint density at radius 2 is 2.16 bits per heavy atom. The molecule has 0 bridgehead atoms. The molecule has 0 aliphatic heterocycles. The Morgan fingerprint density at radius 1 is 1.37 bits per heavy atom. The molecule has 102 valence electrons. The topological polar surface area (TPSA) is 39.1 Å². The van der Waals surface area contributed by atoms with Crippen LogP contribution >= 0.6 is 15.9 Å². The highest BCUT2D eigenvalue weighted by Gasteiger charge is 2.07. The van der Waals surface area contributed by atoms with E-state index in [1.54, 1.807) is 0 Å². The van der Waals surface area contributed by atoms with E-state index in [1.807, 2.05) is 43.9 Å². The second-order valence-electron chi connectivity index (χ2n) is 4.47. The van der Waals surface area contributed by atoms with E-state index in [2.05, 4.69) is 32.4 Å². The summed E-state index contributed by atoms with van der Waals surface area (Å²) < 4.78 is 8.81. The molecule has 0 unspecified atom stereocenters. The fourth-order valence-corrected chi connectivity index (χ4v) is 2.38. The van der Waals surface area contributed by atoms with Gasteiger partial charge in [0.05, 0.1) is 11.4 Å². The van der Waals surface area contributed by atoms with Crippen LogP contribution in [0.25, 0.3) is 0 Å². The minimum Gasteiger partial charge on any atom is -0.487 e. The maximum Gasteiger partial charge on any atom is 0.130 e. The molecular weight excluding hydrogens is 306 g/mol. The van der Waals surface area contributed by atoms with Crippen molar-refractivity contribution in [3.8, 4) is 5.75 Å². The van der Waals surface area contributed by atoms with E-state index in [1.165, 1.54) is 0 Å². The number of aryl methyl sites for hydroxylation is 2. The normalized spacial score (nSPS) is 10.7. The van der Waals surface area contributed by atoms with Crippen LogP contribution in [0.3, 0.4) is 0 Å². The average molecular weight is 324 g/mol. The lowest BCUT2D eigenvalue weighted by atomic mass is 10.2. The maximum absolute atomic E-state index is 5.90. The van der Waals surface area contributed by atoms with Crippen LogP contribution in [-0.2, 0) is 20.2 Å². The molecule has 0 saturated heterocycles. The first-order chi connectivity index (χ1) is 9.10. The third-order valence-electron chi connectivity index (χ3n) is 2.86. The molecule has 1 aromatic heterocycles. The Hall–Kier alpha value is -1.33. The van der Waals surface area contributed by atoms with Crippen LogP contribution in [0.5, 0.6) is 5.75 Å². The summed E-state index contributed by atoms with van der Waals surface area (Å²) in [5, 5.41) is 7.46. The number of ether oxygens (including phenoxy) is 1. The smallest absolute Gasteiger partial charge is 0.130 e. The number of halogens is 1. The fraction of sp³-hybridized carbons (Fsp3) is 0.357. The maximum atomic E-state index is 5.90. The van der Waals surface area contributed by atoms with Gasteiger partial charge >= 0.3 is 0 Å². The van der Waals surface area contributed by atoms with Gasteiger partial charge in [-0.05, 0) is 38.2 Å². The molecule has 19 heavy (non-hydrogen) atoms. The van der Waals surface area contributed by atoms with Gasteiger partial charge in [-0.2, -0.15) is 5.10 Å². The van der Waals surface area contributed by atoms with Gasteiger partial charge in [-0.15, -0.1) is 0 Å². The quantitative estimate of drug-likeness (QED) is 0.919. The Bertz CT molecular complexity index is 566. The molecular formula is C14H18BrN3O. The third kappa shape index (κ3) is 3.58. The number of hydrogen-bond donors (Lipinski definition) is 1. The minimum absolute atomic E-state index is 0.523. The van der Waals surface area contributed by atoms with Crippen molar-refractivity contribution in [3.63, 3.8) is 0 Å². The zero-order chi connectivity index (χ0) is 13.8. The molecule has 0 amide bonds. The van der Waals surface area contributed by atoms with E-state index in [0.717, 1.165) is 33.7 Å². The molecule has 0 aliphatic carbocycles. The predicted molar refractivity (Wildman–Crippen MR) is 79.2 cm³/mol. The van der Waals surface area contributed by atoms with Gasteiger partial charge in [0, 0.05) is 23.6 Å². The van der Waals surface area contributed by atoms with Crippen LogP contribution in [0.15, 0.2) is 28.7 Å². The Labute approximate surface area is 121 Å². The summed E-state index contributed by atoms with van der Waals surface area (Å²) in [5.41, 5.74) is 3.21. The van der Waals surface area contributed by atoms with E-state index in [9.17, 15) is 0 Å². The van der Waals surface area contributed by atoms with Crippen molar-refractivity contribution in [2.24, 2.45) is 7.05 Å². The van der Waals surface area contributed by atoms with E-state index < -0.39 is 0 Å². The van der Waals surface area contributed by atoms with Crippen molar-refractivity contribution in [1.29, 1.82) is 0 Å². The standard InChI is InChI=1S/C14H18BrN3O/c1-10-6-13(18(3)17-10)9-19-14-5-4-12(15)7-11(14)8-16-2/h4-7,16H,8-9H2,1-3H3. The van der Waals surface area contributed by atoms with Crippen LogP contribution < -0.4 is 10.1 Å². The second kappa shape index (κ2) is 6.21. The lowest BCUT2D eigenvalue weighted by Crippen LogP contribution is -2.09. The number of nitrogens with zero attached hydrogens (tertiary/aromatic N) is 2. The first kappa shape index (κ1) is 14.1. The number of benzene rings is 1. The summed E-state index contributed by atoms with van der Waals surface area (Å²) >= 11 is 3.48. The molecule has 4 nitrogen and oxygen atoms in total. The molecule has 1 N–H and O–H groups in total. The zero-order valence-electron chi connectivity index (χ0n) is 11.4. The van der Waals surface area contributed by atoms with Crippen LogP contribution in [0, 0.1) is 6.92 Å². The zero-order valence-corrected chi connectivity index (χ0v) is 13.0. The van der Waals surface area contributed by atoms with Gasteiger partial charge in [-0.25, -0.2) is 0 Å². The Morgan fingerprint density at radius 3 is 2.79 bits per heavy atom. The summed E-state index contributed by atoms with van der Waals surface area (Å²) in [7, 11) is 3.86. The molecule has 0 aliphatic rings. The van der Waals surface area contributed by atoms with Gasteiger partial charge in [-0.1, -0.05) is 15.9 Å². The predicted octanol–water partition coefficient (Wildman–Crippen LogP) is 2.79. The largest absolute Gasteiger partial charge is 0.487 e. The monoisotopic (exact) mass is 323 g/mol.